The predicted octanol–water partition coefficient (Wildman–Crippen LogP) is 2.16. The summed E-state index contributed by atoms with van der Waals surface area (Å²) in [7, 11) is 0. The highest BCUT2D eigenvalue weighted by atomic mass is 16.3. The maximum absolute atomic E-state index is 11.4. The van der Waals surface area contributed by atoms with Crippen LogP contribution in [0.4, 0.5) is 4.79 Å². The monoisotopic (exact) mass is 222 g/mol. The Bertz CT molecular complexity index is 353. The molecule has 0 fully saturated rings. The van der Waals surface area contributed by atoms with Gasteiger partial charge in [0.05, 0.1) is 6.04 Å². The van der Waals surface area contributed by atoms with E-state index >= 15 is 0 Å². The van der Waals surface area contributed by atoms with Crippen LogP contribution in [0.3, 0.4) is 0 Å². The largest absolute Gasteiger partial charge is 0.508 e. The molecule has 3 N–H and O–H groups in total. The molecule has 1 aromatic carbocycles. The molecule has 0 bridgehead atoms. The minimum Gasteiger partial charge on any atom is -0.508 e. The quantitative estimate of drug-likeness (QED) is 0.731. The zero-order valence-electron chi connectivity index (χ0n) is 9.66. The van der Waals surface area contributed by atoms with E-state index in [1.165, 1.54) is 0 Å². The number of phenols is 1. The molecule has 1 rings (SSSR count). The third-order valence-electron chi connectivity index (χ3n) is 2.25. The van der Waals surface area contributed by atoms with Gasteiger partial charge in [-0.3, -0.25) is 0 Å². The van der Waals surface area contributed by atoms with Gasteiger partial charge in [0.2, 0.25) is 0 Å². The van der Waals surface area contributed by atoms with E-state index in [1.807, 2.05) is 19.9 Å². The topological polar surface area (TPSA) is 61.4 Å². The van der Waals surface area contributed by atoms with Crippen molar-refractivity contribution in [1.82, 2.24) is 10.6 Å². The summed E-state index contributed by atoms with van der Waals surface area (Å²) >= 11 is 0. The summed E-state index contributed by atoms with van der Waals surface area (Å²) in [6.45, 7) is 4.54. The van der Waals surface area contributed by atoms with Crippen LogP contribution < -0.4 is 10.6 Å². The molecule has 2 amide bonds. The van der Waals surface area contributed by atoms with E-state index in [-0.39, 0.29) is 17.8 Å². The van der Waals surface area contributed by atoms with Crippen LogP contribution in [0.15, 0.2) is 24.3 Å². The third kappa shape index (κ3) is 3.81. The number of amides is 2. The lowest BCUT2D eigenvalue weighted by Gasteiger charge is -2.14. The molecule has 1 aromatic rings. The Hall–Kier alpha value is -1.71. The molecule has 0 aromatic heterocycles. The zero-order chi connectivity index (χ0) is 12.0. The van der Waals surface area contributed by atoms with Crippen LogP contribution in [0.25, 0.3) is 0 Å². The molecule has 0 saturated heterocycles. The Kier molecular flexibility index (Phi) is 4.64. The van der Waals surface area contributed by atoms with Crippen LogP contribution in [0.5, 0.6) is 5.75 Å². The number of hydrogen-bond donors (Lipinski definition) is 3. The van der Waals surface area contributed by atoms with Crippen LogP contribution in [0.1, 0.15) is 31.9 Å². The molecule has 4 heteroatoms. The molecule has 0 spiro atoms. The van der Waals surface area contributed by atoms with Crippen molar-refractivity contribution in [3.63, 3.8) is 0 Å². The van der Waals surface area contributed by atoms with Crippen molar-refractivity contribution in [2.24, 2.45) is 0 Å². The lowest BCUT2D eigenvalue weighted by Crippen LogP contribution is -2.37. The fraction of sp³-hybridized carbons (Fsp3) is 0.417. The summed E-state index contributed by atoms with van der Waals surface area (Å²) in [6, 6.07) is 6.57. The highest BCUT2D eigenvalue weighted by Crippen LogP contribution is 2.17. The van der Waals surface area contributed by atoms with Gasteiger partial charge in [-0.15, -0.1) is 0 Å². The van der Waals surface area contributed by atoms with Gasteiger partial charge in [0.25, 0.3) is 0 Å². The normalized spacial score (nSPS) is 11.9. The molecule has 88 valence electrons. The number of nitrogens with one attached hydrogen (secondary N) is 2. The van der Waals surface area contributed by atoms with Crippen molar-refractivity contribution < 1.29 is 9.90 Å². The van der Waals surface area contributed by atoms with Crippen molar-refractivity contribution in [2.45, 2.75) is 26.3 Å². The lowest BCUT2D eigenvalue weighted by atomic mass is 10.1. The van der Waals surface area contributed by atoms with E-state index in [0.717, 1.165) is 12.0 Å². The molecule has 0 aliphatic carbocycles. The first kappa shape index (κ1) is 12.4. The molecule has 0 heterocycles. The van der Waals surface area contributed by atoms with Crippen molar-refractivity contribution in [3.8, 4) is 5.75 Å². The second kappa shape index (κ2) is 6.00. The maximum atomic E-state index is 11.4. The van der Waals surface area contributed by atoms with E-state index in [0.29, 0.717) is 6.54 Å². The van der Waals surface area contributed by atoms with E-state index < -0.39 is 0 Å². The van der Waals surface area contributed by atoms with Crippen LogP contribution in [-0.2, 0) is 0 Å². The van der Waals surface area contributed by atoms with Gasteiger partial charge in [-0.25, -0.2) is 4.79 Å². The molecule has 4 nitrogen and oxygen atoms in total. The Labute approximate surface area is 95.7 Å². The molecule has 0 aliphatic rings. The van der Waals surface area contributed by atoms with E-state index in [1.54, 1.807) is 18.2 Å². The number of benzene rings is 1. The van der Waals surface area contributed by atoms with Gasteiger partial charge in [-0.1, -0.05) is 19.1 Å². The summed E-state index contributed by atoms with van der Waals surface area (Å²) < 4.78 is 0. The van der Waals surface area contributed by atoms with E-state index in [9.17, 15) is 9.90 Å². The van der Waals surface area contributed by atoms with Crippen molar-refractivity contribution in [1.29, 1.82) is 0 Å². The third-order valence-corrected chi connectivity index (χ3v) is 2.25. The summed E-state index contributed by atoms with van der Waals surface area (Å²) in [5.41, 5.74) is 0.881. The maximum Gasteiger partial charge on any atom is 0.315 e. The minimum absolute atomic E-state index is 0.121. The number of urea groups is 1. The van der Waals surface area contributed by atoms with E-state index in [4.69, 9.17) is 0 Å². The summed E-state index contributed by atoms with van der Waals surface area (Å²) in [5, 5.41) is 14.8. The van der Waals surface area contributed by atoms with Gasteiger partial charge in [-0.05, 0) is 31.0 Å². The second-order valence-corrected chi connectivity index (χ2v) is 3.72. The van der Waals surface area contributed by atoms with Crippen LogP contribution in [-0.4, -0.2) is 17.7 Å². The van der Waals surface area contributed by atoms with Crippen LogP contribution in [0.2, 0.25) is 0 Å². The summed E-state index contributed by atoms with van der Waals surface area (Å²) in [6.07, 6.45) is 0.911. The number of carbonyl (C=O) groups is 1. The fourth-order valence-electron chi connectivity index (χ4n) is 1.36. The summed E-state index contributed by atoms with van der Waals surface area (Å²) in [5.74, 6) is 0.208. The SMILES string of the molecule is CCCNC(=O)N[C@H](C)c1cccc(O)c1. The minimum atomic E-state index is -0.183. The standard InChI is InChI=1S/C12H18N2O2/c1-3-7-13-12(16)14-9(2)10-5-4-6-11(15)8-10/h4-6,8-9,15H,3,7H2,1-2H3,(H2,13,14,16)/t9-/m1/s1. The fourth-order valence-corrected chi connectivity index (χ4v) is 1.36. The highest BCUT2D eigenvalue weighted by Gasteiger charge is 2.08. The molecule has 1 atom stereocenters. The molecule has 0 unspecified atom stereocenters. The van der Waals surface area contributed by atoms with Crippen molar-refractivity contribution in [2.75, 3.05) is 6.54 Å². The molecular weight excluding hydrogens is 204 g/mol. The van der Waals surface area contributed by atoms with Crippen molar-refractivity contribution >= 4 is 6.03 Å². The number of carbonyl (C=O) groups excluding carboxylic acids is 1. The number of rotatable bonds is 4. The Morgan fingerprint density at radius 2 is 2.25 bits per heavy atom. The predicted molar refractivity (Wildman–Crippen MR) is 63.3 cm³/mol. The van der Waals surface area contributed by atoms with Gasteiger partial charge in [0, 0.05) is 6.54 Å². The number of aromatic hydroxyl groups is 1. The first-order valence-corrected chi connectivity index (χ1v) is 5.46. The zero-order valence-corrected chi connectivity index (χ0v) is 9.66. The van der Waals surface area contributed by atoms with Gasteiger partial charge >= 0.3 is 6.03 Å². The molecule has 0 aliphatic heterocycles. The van der Waals surface area contributed by atoms with Gasteiger partial charge < -0.3 is 15.7 Å². The van der Waals surface area contributed by atoms with Gasteiger partial charge in [-0.2, -0.15) is 0 Å². The molecule has 0 saturated carbocycles. The van der Waals surface area contributed by atoms with Crippen molar-refractivity contribution in [3.05, 3.63) is 29.8 Å². The highest BCUT2D eigenvalue weighted by molar-refractivity contribution is 5.74. The summed E-state index contributed by atoms with van der Waals surface area (Å²) in [4.78, 5) is 11.4. The van der Waals surface area contributed by atoms with Crippen LogP contribution >= 0.6 is 0 Å². The van der Waals surface area contributed by atoms with Gasteiger partial charge in [0.15, 0.2) is 0 Å². The average Bonchev–Trinajstić information content (AvgIpc) is 2.26. The Balaban J connectivity index is 2.52. The van der Waals surface area contributed by atoms with E-state index in [2.05, 4.69) is 10.6 Å². The Morgan fingerprint density at radius 3 is 2.88 bits per heavy atom. The first-order valence-electron chi connectivity index (χ1n) is 5.46. The smallest absolute Gasteiger partial charge is 0.315 e. The Morgan fingerprint density at radius 1 is 1.50 bits per heavy atom. The molecular formula is C12H18N2O2. The first-order chi connectivity index (χ1) is 7.63. The second-order valence-electron chi connectivity index (χ2n) is 3.72. The lowest BCUT2D eigenvalue weighted by molar-refractivity contribution is 0.238. The molecule has 16 heavy (non-hydrogen) atoms. The van der Waals surface area contributed by atoms with Gasteiger partial charge in [0.1, 0.15) is 5.75 Å². The molecule has 0 radical (unpaired) electrons. The number of hydrogen-bond acceptors (Lipinski definition) is 2. The average molecular weight is 222 g/mol. The van der Waals surface area contributed by atoms with Crippen LogP contribution in [0, 0.1) is 0 Å². The number of phenolic OH excluding ortho intramolecular Hbond substituents is 1.